The zero-order valence-electron chi connectivity index (χ0n) is 16.7. The van der Waals surface area contributed by atoms with E-state index < -0.39 is 6.29 Å². The molecule has 0 amide bonds. The Balaban J connectivity index is 1.93. The van der Waals surface area contributed by atoms with Crippen LogP contribution in [0.3, 0.4) is 0 Å². The summed E-state index contributed by atoms with van der Waals surface area (Å²) in [5.41, 5.74) is 3.06. The van der Waals surface area contributed by atoms with Crippen LogP contribution in [0.5, 0.6) is 11.5 Å². The van der Waals surface area contributed by atoms with E-state index in [2.05, 4.69) is 32.0 Å². The second-order valence-electron chi connectivity index (χ2n) is 7.14. The molecule has 0 saturated heterocycles. The fraction of sp³-hybridized carbons (Fsp3) is 0.280. The molecule has 0 saturated carbocycles. The van der Waals surface area contributed by atoms with Crippen LogP contribution in [0.1, 0.15) is 49.7 Å². The molecule has 0 radical (unpaired) electrons. The van der Waals surface area contributed by atoms with Gasteiger partial charge in [-0.05, 0) is 48.2 Å². The topological polar surface area (TPSA) is 38.7 Å². The molecule has 0 spiro atoms. The van der Waals surface area contributed by atoms with E-state index in [1.165, 1.54) is 5.56 Å². The number of aliphatic hydroxyl groups is 1. The van der Waals surface area contributed by atoms with Crippen molar-refractivity contribution in [1.82, 2.24) is 0 Å². The number of para-hydroxylation sites is 1. The molecule has 2 unspecified atom stereocenters. The Morgan fingerprint density at radius 2 is 1.36 bits per heavy atom. The molecule has 0 bridgehead atoms. The van der Waals surface area contributed by atoms with Gasteiger partial charge in [-0.2, -0.15) is 0 Å². The van der Waals surface area contributed by atoms with Crippen LogP contribution in [0.4, 0.5) is 0 Å². The molecule has 3 rings (SSSR count). The molecular formula is C25H28O3. The number of aliphatic hydroxyl groups excluding tert-OH is 1. The molecule has 2 atom stereocenters. The van der Waals surface area contributed by atoms with Gasteiger partial charge in [0.25, 0.3) is 0 Å². The van der Waals surface area contributed by atoms with Crippen molar-refractivity contribution in [2.45, 2.75) is 33.0 Å². The SMILES string of the molecule is CCOc1ccc(C(c2ccccc2C(O)Oc2ccccc2)C(C)C)cc1. The fourth-order valence-corrected chi connectivity index (χ4v) is 3.57. The first kappa shape index (κ1) is 20.0. The molecule has 0 heterocycles. The predicted octanol–water partition coefficient (Wildman–Crippen LogP) is 5.94. The second-order valence-corrected chi connectivity index (χ2v) is 7.14. The number of rotatable bonds is 8. The zero-order chi connectivity index (χ0) is 19.9. The zero-order valence-corrected chi connectivity index (χ0v) is 16.7. The van der Waals surface area contributed by atoms with Gasteiger partial charge in [-0.15, -0.1) is 0 Å². The highest BCUT2D eigenvalue weighted by molar-refractivity contribution is 5.41. The summed E-state index contributed by atoms with van der Waals surface area (Å²) in [6.07, 6.45) is -1.03. The number of benzene rings is 3. The van der Waals surface area contributed by atoms with Crippen LogP contribution in [0, 0.1) is 5.92 Å². The van der Waals surface area contributed by atoms with Crippen LogP contribution in [0.2, 0.25) is 0 Å². The summed E-state index contributed by atoms with van der Waals surface area (Å²) in [5.74, 6) is 2.00. The van der Waals surface area contributed by atoms with Crippen molar-refractivity contribution in [2.24, 2.45) is 5.92 Å². The summed E-state index contributed by atoms with van der Waals surface area (Å²) >= 11 is 0. The molecule has 0 aliphatic carbocycles. The Morgan fingerprint density at radius 1 is 0.750 bits per heavy atom. The van der Waals surface area contributed by atoms with Crippen LogP contribution in [0.25, 0.3) is 0 Å². The molecule has 3 nitrogen and oxygen atoms in total. The minimum Gasteiger partial charge on any atom is -0.494 e. The molecule has 0 aliphatic heterocycles. The maximum atomic E-state index is 10.8. The summed E-state index contributed by atoms with van der Waals surface area (Å²) in [5, 5.41) is 10.8. The van der Waals surface area contributed by atoms with Gasteiger partial charge in [0.05, 0.1) is 6.61 Å². The van der Waals surface area contributed by atoms with E-state index >= 15 is 0 Å². The average Bonchev–Trinajstić information content (AvgIpc) is 2.70. The lowest BCUT2D eigenvalue weighted by molar-refractivity contribution is -0.0203. The summed E-state index contributed by atoms with van der Waals surface area (Å²) in [7, 11) is 0. The normalized spacial score (nSPS) is 13.2. The quantitative estimate of drug-likeness (QED) is 0.494. The first-order valence-electron chi connectivity index (χ1n) is 9.81. The van der Waals surface area contributed by atoms with Crippen molar-refractivity contribution >= 4 is 0 Å². The molecule has 28 heavy (non-hydrogen) atoms. The van der Waals surface area contributed by atoms with E-state index in [1.54, 1.807) is 0 Å². The molecule has 3 heteroatoms. The van der Waals surface area contributed by atoms with Gasteiger partial charge < -0.3 is 14.6 Å². The van der Waals surface area contributed by atoms with Crippen molar-refractivity contribution in [1.29, 1.82) is 0 Å². The third-order valence-electron chi connectivity index (χ3n) is 4.80. The molecule has 1 N–H and O–H groups in total. The highest BCUT2D eigenvalue weighted by atomic mass is 16.6. The predicted molar refractivity (Wildman–Crippen MR) is 113 cm³/mol. The average molecular weight is 376 g/mol. The number of hydrogen-bond donors (Lipinski definition) is 1. The molecule has 146 valence electrons. The van der Waals surface area contributed by atoms with Crippen molar-refractivity contribution in [3.63, 3.8) is 0 Å². The van der Waals surface area contributed by atoms with Gasteiger partial charge in [-0.25, -0.2) is 0 Å². The van der Waals surface area contributed by atoms with Gasteiger partial charge in [-0.3, -0.25) is 0 Å². The largest absolute Gasteiger partial charge is 0.494 e. The highest BCUT2D eigenvalue weighted by Gasteiger charge is 2.24. The lowest BCUT2D eigenvalue weighted by Gasteiger charge is -2.26. The summed E-state index contributed by atoms with van der Waals surface area (Å²) in [6.45, 7) is 7.03. The Hall–Kier alpha value is -2.78. The molecule has 0 aliphatic rings. The second kappa shape index (κ2) is 9.43. The van der Waals surface area contributed by atoms with Crippen LogP contribution in [0.15, 0.2) is 78.9 Å². The van der Waals surface area contributed by atoms with E-state index in [-0.39, 0.29) is 5.92 Å². The minimum atomic E-state index is -1.03. The fourth-order valence-electron chi connectivity index (χ4n) is 3.57. The summed E-state index contributed by atoms with van der Waals surface area (Å²) in [4.78, 5) is 0. The van der Waals surface area contributed by atoms with Crippen molar-refractivity contribution in [3.05, 3.63) is 95.6 Å². The van der Waals surface area contributed by atoms with Crippen LogP contribution < -0.4 is 9.47 Å². The number of hydrogen-bond acceptors (Lipinski definition) is 3. The van der Waals surface area contributed by atoms with Gasteiger partial charge in [0.15, 0.2) is 0 Å². The van der Waals surface area contributed by atoms with Crippen LogP contribution in [-0.4, -0.2) is 11.7 Å². The molecule has 0 fully saturated rings. The molecule has 3 aromatic carbocycles. The van der Waals surface area contributed by atoms with E-state index in [0.29, 0.717) is 18.3 Å². The Labute approximate surface area is 167 Å². The van der Waals surface area contributed by atoms with Crippen LogP contribution in [-0.2, 0) is 0 Å². The number of ether oxygens (including phenoxy) is 2. The third kappa shape index (κ3) is 4.73. The Kier molecular flexibility index (Phi) is 6.72. The Morgan fingerprint density at radius 3 is 1.96 bits per heavy atom. The molecule has 0 aromatic heterocycles. The molecular weight excluding hydrogens is 348 g/mol. The van der Waals surface area contributed by atoms with Crippen molar-refractivity contribution in [3.8, 4) is 11.5 Å². The molecule has 3 aromatic rings. The van der Waals surface area contributed by atoms with E-state index in [4.69, 9.17) is 9.47 Å². The van der Waals surface area contributed by atoms with E-state index in [9.17, 15) is 5.11 Å². The van der Waals surface area contributed by atoms with Gasteiger partial charge in [0, 0.05) is 11.5 Å². The Bertz CT molecular complexity index is 856. The van der Waals surface area contributed by atoms with E-state index in [0.717, 1.165) is 16.9 Å². The summed E-state index contributed by atoms with van der Waals surface area (Å²) < 4.78 is 11.4. The van der Waals surface area contributed by atoms with Crippen molar-refractivity contribution in [2.75, 3.05) is 6.61 Å². The first-order valence-corrected chi connectivity index (χ1v) is 9.81. The smallest absolute Gasteiger partial charge is 0.224 e. The lowest BCUT2D eigenvalue weighted by Crippen LogP contribution is -2.15. The standard InChI is InChI=1S/C25H28O3/c1-4-27-20-16-14-19(15-17-20)24(18(2)3)22-12-8-9-13-23(22)25(26)28-21-10-6-5-7-11-21/h5-18,24-26H,4H2,1-3H3. The first-order chi connectivity index (χ1) is 13.6. The maximum Gasteiger partial charge on any atom is 0.224 e. The minimum absolute atomic E-state index is 0.140. The van der Waals surface area contributed by atoms with Gasteiger partial charge in [0.2, 0.25) is 6.29 Å². The van der Waals surface area contributed by atoms with Gasteiger partial charge in [0.1, 0.15) is 11.5 Å². The van der Waals surface area contributed by atoms with Crippen LogP contribution >= 0.6 is 0 Å². The summed E-state index contributed by atoms with van der Waals surface area (Å²) in [6, 6.07) is 25.6. The van der Waals surface area contributed by atoms with Gasteiger partial charge >= 0.3 is 0 Å². The highest BCUT2D eigenvalue weighted by Crippen LogP contribution is 2.37. The van der Waals surface area contributed by atoms with E-state index in [1.807, 2.05) is 67.6 Å². The maximum absolute atomic E-state index is 10.8. The third-order valence-corrected chi connectivity index (χ3v) is 4.80. The lowest BCUT2D eigenvalue weighted by atomic mass is 9.80. The van der Waals surface area contributed by atoms with Gasteiger partial charge in [-0.1, -0.05) is 68.4 Å². The monoisotopic (exact) mass is 376 g/mol. The van der Waals surface area contributed by atoms with Crippen molar-refractivity contribution < 1.29 is 14.6 Å².